The minimum atomic E-state index is -3.77. The number of aryl methyl sites for hydroxylation is 1. The summed E-state index contributed by atoms with van der Waals surface area (Å²) in [5.41, 5.74) is 0. The number of hydrogen-bond donors (Lipinski definition) is 2. The fourth-order valence-corrected chi connectivity index (χ4v) is 2.90. The number of carbonyl (C=O) groups excluding carboxylic acids is 1. The van der Waals surface area contributed by atoms with E-state index in [0.29, 0.717) is 13.0 Å². The van der Waals surface area contributed by atoms with Crippen molar-refractivity contribution in [3.63, 3.8) is 0 Å². The Labute approximate surface area is 136 Å². The van der Waals surface area contributed by atoms with Crippen LogP contribution in [0.15, 0.2) is 11.2 Å². The van der Waals surface area contributed by atoms with Crippen molar-refractivity contribution in [1.82, 2.24) is 25.0 Å². The predicted molar refractivity (Wildman–Crippen MR) is 84.3 cm³/mol. The van der Waals surface area contributed by atoms with Gasteiger partial charge in [-0.25, -0.2) is 17.9 Å². The zero-order valence-electron chi connectivity index (χ0n) is 13.9. The number of carbonyl (C=O) groups is 1. The van der Waals surface area contributed by atoms with Gasteiger partial charge in [0, 0.05) is 12.6 Å². The Bertz CT molecular complexity index is 599. The van der Waals surface area contributed by atoms with E-state index >= 15 is 0 Å². The van der Waals surface area contributed by atoms with Gasteiger partial charge >= 0.3 is 6.09 Å². The molecule has 0 fully saturated rings. The molecule has 1 heterocycles. The summed E-state index contributed by atoms with van der Waals surface area (Å²) in [6.45, 7) is 8.28. The van der Waals surface area contributed by atoms with Gasteiger partial charge in [-0.3, -0.25) is 0 Å². The quantitative estimate of drug-likeness (QED) is 0.681. The molecule has 0 spiro atoms. The lowest BCUT2D eigenvalue weighted by molar-refractivity contribution is 0.146. The number of ether oxygens (including phenoxy) is 1. The maximum atomic E-state index is 12.2. The van der Waals surface area contributed by atoms with Gasteiger partial charge in [-0.2, -0.15) is 9.90 Å². The number of alkyl carbamates (subject to hydrolysis) is 1. The third kappa shape index (κ3) is 6.53. The average molecular weight is 347 g/mol. The number of amides is 1. The van der Waals surface area contributed by atoms with Crippen molar-refractivity contribution in [2.75, 3.05) is 13.2 Å². The fourth-order valence-electron chi connectivity index (χ4n) is 1.94. The molecule has 23 heavy (non-hydrogen) atoms. The third-order valence-electron chi connectivity index (χ3n) is 2.95. The molecule has 1 aromatic rings. The molecule has 0 aliphatic heterocycles. The molecular formula is C13H25N5O4S. The predicted octanol–water partition coefficient (Wildman–Crippen LogP) is 0.737. The van der Waals surface area contributed by atoms with E-state index < -0.39 is 16.1 Å². The summed E-state index contributed by atoms with van der Waals surface area (Å²) in [4.78, 5) is 12.8. The first kappa shape index (κ1) is 19.4. The number of rotatable bonds is 9. The molecule has 0 bridgehead atoms. The Balaban J connectivity index is 2.69. The van der Waals surface area contributed by atoms with Crippen LogP contribution in [0.2, 0.25) is 0 Å². The molecule has 1 atom stereocenters. The molecule has 0 aromatic carbocycles. The SMILES string of the molecule is CCOC(=O)NC(CNS(=O)(=O)c1cnn(CC)n1)CC(C)C. The second kappa shape index (κ2) is 8.82. The highest BCUT2D eigenvalue weighted by molar-refractivity contribution is 7.89. The topological polar surface area (TPSA) is 115 Å². The lowest BCUT2D eigenvalue weighted by Crippen LogP contribution is -2.44. The van der Waals surface area contributed by atoms with Crippen LogP contribution in [0.3, 0.4) is 0 Å². The van der Waals surface area contributed by atoms with Gasteiger partial charge in [0.25, 0.3) is 10.0 Å². The fraction of sp³-hybridized carbons (Fsp3) is 0.769. The van der Waals surface area contributed by atoms with Gasteiger partial charge in [0.2, 0.25) is 5.03 Å². The number of hydrogen-bond acceptors (Lipinski definition) is 6. The molecule has 132 valence electrons. The van der Waals surface area contributed by atoms with Gasteiger partial charge in [0.1, 0.15) is 0 Å². The first-order chi connectivity index (χ1) is 10.8. The van der Waals surface area contributed by atoms with Crippen molar-refractivity contribution >= 4 is 16.1 Å². The van der Waals surface area contributed by atoms with E-state index in [2.05, 4.69) is 20.2 Å². The first-order valence-corrected chi connectivity index (χ1v) is 9.09. The summed E-state index contributed by atoms with van der Waals surface area (Å²) >= 11 is 0. The molecule has 0 saturated heterocycles. The molecule has 0 aliphatic carbocycles. The first-order valence-electron chi connectivity index (χ1n) is 7.61. The molecular weight excluding hydrogens is 322 g/mol. The molecule has 1 unspecified atom stereocenters. The molecule has 0 saturated carbocycles. The summed E-state index contributed by atoms with van der Waals surface area (Å²) in [5.74, 6) is 0.285. The zero-order chi connectivity index (χ0) is 17.5. The molecule has 2 N–H and O–H groups in total. The molecule has 0 radical (unpaired) electrons. The maximum Gasteiger partial charge on any atom is 0.407 e. The third-order valence-corrected chi connectivity index (χ3v) is 4.23. The highest BCUT2D eigenvalue weighted by Gasteiger charge is 2.22. The highest BCUT2D eigenvalue weighted by atomic mass is 32.2. The van der Waals surface area contributed by atoms with Crippen LogP contribution in [0.25, 0.3) is 0 Å². The molecule has 10 heteroatoms. The molecule has 1 rings (SSSR count). The van der Waals surface area contributed by atoms with Gasteiger partial charge in [-0.05, 0) is 26.2 Å². The lowest BCUT2D eigenvalue weighted by atomic mass is 10.0. The van der Waals surface area contributed by atoms with Crippen molar-refractivity contribution in [2.24, 2.45) is 5.92 Å². The van der Waals surface area contributed by atoms with Gasteiger partial charge in [-0.15, -0.1) is 5.10 Å². The van der Waals surface area contributed by atoms with Crippen molar-refractivity contribution in [3.8, 4) is 0 Å². The van der Waals surface area contributed by atoms with Gasteiger partial charge in [0.05, 0.1) is 19.3 Å². The molecule has 1 amide bonds. The number of aromatic nitrogens is 3. The van der Waals surface area contributed by atoms with Gasteiger partial charge in [-0.1, -0.05) is 13.8 Å². The monoisotopic (exact) mass is 347 g/mol. The molecule has 0 aliphatic rings. The van der Waals surface area contributed by atoms with E-state index in [0.717, 1.165) is 0 Å². The number of nitrogens with zero attached hydrogens (tertiary/aromatic N) is 3. The van der Waals surface area contributed by atoms with Crippen molar-refractivity contribution in [1.29, 1.82) is 0 Å². The van der Waals surface area contributed by atoms with Gasteiger partial charge < -0.3 is 10.1 Å². The lowest BCUT2D eigenvalue weighted by Gasteiger charge is -2.20. The van der Waals surface area contributed by atoms with Crippen LogP contribution in [0.5, 0.6) is 0 Å². The largest absolute Gasteiger partial charge is 0.450 e. The summed E-state index contributed by atoms with van der Waals surface area (Å²) in [7, 11) is -3.77. The van der Waals surface area contributed by atoms with E-state index in [4.69, 9.17) is 4.74 Å². The summed E-state index contributed by atoms with van der Waals surface area (Å²) in [6, 6.07) is -0.370. The number of nitrogens with one attached hydrogen (secondary N) is 2. The van der Waals surface area contributed by atoms with Crippen LogP contribution in [0.1, 0.15) is 34.1 Å². The summed E-state index contributed by atoms with van der Waals surface area (Å²) in [6.07, 6.45) is 1.25. The van der Waals surface area contributed by atoms with E-state index in [1.165, 1.54) is 11.0 Å². The highest BCUT2D eigenvalue weighted by Crippen LogP contribution is 2.07. The summed E-state index contributed by atoms with van der Waals surface area (Å²) in [5, 5.41) is 10.2. The Morgan fingerprint density at radius 1 is 1.39 bits per heavy atom. The summed E-state index contributed by atoms with van der Waals surface area (Å²) < 4.78 is 31.7. The Kier molecular flexibility index (Phi) is 7.43. The second-order valence-electron chi connectivity index (χ2n) is 5.41. The van der Waals surface area contributed by atoms with Crippen molar-refractivity contribution < 1.29 is 17.9 Å². The maximum absolute atomic E-state index is 12.2. The standard InChI is InChI=1S/C13H25N5O4S/c1-5-18-14-9-12(17-18)23(20,21)15-8-11(7-10(3)4)16-13(19)22-6-2/h9-11,15H,5-8H2,1-4H3,(H,16,19). The minimum absolute atomic E-state index is 0.0539. The Hall–Kier alpha value is -1.68. The van der Waals surface area contributed by atoms with Crippen LogP contribution in [-0.4, -0.2) is 48.7 Å². The van der Waals surface area contributed by atoms with Crippen LogP contribution < -0.4 is 10.0 Å². The van der Waals surface area contributed by atoms with Crippen LogP contribution in [0, 0.1) is 5.92 Å². The Morgan fingerprint density at radius 3 is 2.61 bits per heavy atom. The second-order valence-corrected chi connectivity index (χ2v) is 7.13. The van der Waals surface area contributed by atoms with E-state index in [1.807, 2.05) is 20.8 Å². The molecule has 9 nitrogen and oxygen atoms in total. The normalized spacial score (nSPS) is 13.1. The smallest absolute Gasteiger partial charge is 0.407 e. The average Bonchev–Trinajstić information content (AvgIpc) is 2.94. The van der Waals surface area contributed by atoms with E-state index in [1.54, 1.807) is 6.92 Å². The Morgan fingerprint density at radius 2 is 2.09 bits per heavy atom. The van der Waals surface area contributed by atoms with Gasteiger partial charge in [0.15, 0.2) is 0 Å². The number of sulfonamides is 1. The van der Waals surface area contributed by atoms with Crippen LogP contribution in [-0.2, 0) is 21.3 Å². The van der Waals surface area contributed by atoms with Crippen molar-refractivity contribution in [2.45, 2.75) is 51.7 Å². The van der Waals surface area contributed by atoms with Crippen molar-refractivity contribution in [3.05, 3.63) is 6.20 Å². The molecule has 1 aromatic heterocycles. The van der Waals surface area contributed by atoms with Crippen LogP contribution >= 0.6 is 0 Å². The van der Waals surface area contributed by atoms with E-state index in [-0.39, 0.29) is 30.1 Å². The zero-order valence-corrected chi connectivity index (χ0v) is 14.8. The van der Waals surface area contributed by atoms with Crippen LogP contribution in [0.4, 0.5) is 4.79 Å². The van der Waals surface area contributed by atoms with E-state index in [9.17, 15) is 13.2 Å². The minimum Gasteiger partial charge on any atom is -0.450 e.